The van der Waals surface area contributed by atoms with Crippen molar-refractivity contribution in [3.63, 3.8) is 0 Å². The van der Waals surface area contributed by atoms with Gasteiger partial charge in [-0.05, 0) is 12.1 Å². The van der Waals surface area contributed by atoms with E-state index in [0.29, 0.717) is 6.29 Å². The van der Waals surface area contributed by atoms with E-state index in [-0.39, 0.29) is 27.4 Å². The quantitative estimate of drug-likeness (QED) is 0.487. The smallest absolute Gasteiger partial charge is 0.278 e. The van der Waals surface area contributed by atoms with Crippen molar-refractivity contribution in [1.29, 1.82) is 0 Å². The molecule has 0 aliphatic rings. The van der Waals surface area contributed by atoms with Crippen LogP contribution >= 0.6 is 11.6 Å². The molecule has 0 N–H and O–H groups in total. The number of rotatable bonds is 3. The monoisotopic (exact) mass is 279 g/mol. The first-order valence-corrected chi connectivity index (χ1v) is 5.60. The van der Waals surface area contributed by atoms with Crippen LogP contribution < -0.4 is 0 Å². The molecule has 0 fully saturated rings. The summed E-state index contributed by atoms with van der Waals surface area (Å²) in [6.45, 7) is 0. The zero-order valence-electron chi connectivity index (χ0n) is 9.47. The lowest BCUT2D eigenvalue weighted by Crippen LogP contribution is -1.95. The number of carbonyl (C=O) groups excluding carboxylic acids is 1. The van der Waals surface area contributed by atoms with E-state index >= 15 is 0 Å². The molecule has 4 nitrogen and oxygen atoms in total. The molecule has 0 saturated carbocycles. The van der Waals surface area contributed by atoms with Gasteiger partial charge < -0.3 is 0 Å². The van der Waals surface area contributed by atoms with Crippen LogP contribution in [0.25, 0.3) is 11.1 Å². The van der Waals surface area contributed by atoms with Crippen molar-refractivity contribution in [2.45, 2.75) is 0 Å². The molecule has 0 bridgehead atoms. The zero-order valence-corrected chi connectivity index (χ0v) is 10.2. The van der Waals surface area contributed by atoms with Gasteiger partial charge in [0.1, 0.15) is 12.1 Å². The third-order valence-corrected chi connectivity index (χ3v) is 2.89. The van der Waals surface area contributed by atoms with Crippen LogP contribution in [0.5, 0.6) is 0 Å². The molecule has 0 atom stereocenters. The van der Waals surface area contributed by atoms with Crippen molar-refractivity contribution < 1.29 is 14.1 Å². The third kappa shape index (κ3) is 2.46. The Hall–Kier alpha value is -2.27. The number of nitrogens with zero attached hydrogens (tertiary/aromatic N) is 1. The minimum Gasteiger partial charge on any atom is -0.298 e. The van der Waals surface area contributed by atoms with Crippen molar-refractivity contribution in [3.05, 3.63) is 62.9 Å². The van der Waals surface area contributed by atoms with Crippen LogP contribution in [-0.2, 0) is 0 Å². The van der Waals surface area contributed by atoms with E-state index < -0.39 is 10.7 Å². The fraction of sp³-hybridized carbons (Fsp3) is 0. The van der Waals surface area contributed by atoms with Gasteiger partial charge in [-0.15, -0.1) is 0 Å². The maximum absolute atomic E-state index is 13.9. The second kappa shape index (κ2) is 5.16. The molecule has 2 aromatic carbocycles. The Morgan fingerprint density at radius 2 is 1.95 bits per heavy atom. The first-order valence-electron chi connectivity index (χ1n) is 5.22. The van der Waals surface area contributed by atoms with Gasteiger partial charge in [-0.3, -0.25) is 14.9 Å². The summed E-state index contributed by atoms with van der Waals surface area (Å²) >= 11 is 5.65. The number of hydrogen-bond donors (Lipinski definition) is 0. The number of nitro benzene ring substituents is 1. The molecule has 0 aliphatic heterocycles. The largest absolute Gasteiger partial charge is 0.298 e. The third-order valence-electron chi connectivity index (χ3n) is 2.60. The van der Waals surface area contributed by atoms with Gasteiger partial charge in [0.25, 0.3) is 5.69 Å². The van der Waals surface area contributed by atoms with E-state index in [0.717, 1.165) is 6.07 Å². The number of benzene rings is 2. The highest BCUT2D eigenvalue weighted by atomic mass is 35.5. The van der Waals surface area contributed by atoms with Gasteiger partial charge in [-0.2, -0.15) is 0 Å². The number of halogens is 2. The van der Waals surface area contributed by atoms with Crippen molar-refractivity contribution in [3.8, 4) is 11.1 Å². The van der Waals surface area contributed by atoms with E-state index in [1.165, 1.54) is 30.3 Å². The van der Waals surface area contributed by atoms with Gasteiger partial charge in [0.15, 0.2) is 0 Å². The Morgan fingerprint density at radius 3 is 2.58 bits per heavy atom. The Kier molecular flexibility index (Phi) is 3.57. The van der Waals surface area contributed by atoms with Crippen LogP contribution in [0.2, 0.25) is 5.02 Å². The van der Waals surface area contributed by atoms with E-state index in [1.807, 2.05) is 0 Å². The van der Waals surface area contributed by atoms with Crippen LogP contribution in [0.4, 0.5) is 10.1 Å². The molecule has 96 valence electrons. The lowest BCUT2D eigenvalue weighted by molar-refractivity contribution is -0.384. The van der Waals surface area contributed by atoms with Crippen LogP contribution in [0.3, 0.4) is 0 Å². The van der Waals surface area contributed by atoms with Crippen LogP contribution in [0, 0.1) is 15.9 Å². The van der Waals surface area contributed by atoms with Gasteiger partial charge in [-0.1, -0.05) is 29.8 Å². The molecule has 2 rings (SSSR count). The normalized spacial score (nSPS) is 10.2. The molecule has 0 amide bonds. The predicted octanol–water partition coefficient (Wildman–Crippen LogP) is 3.87. The van der Waals surface area contributed by atoms with Gasteiger partial charge in [0.05, 0.1) is 15.5 Å². The summed E-state index contributed by atoms with van der Waals surface area (Å²) in [5.74, 6) is -0.730. The van der Waals surface area contributed by atoms with Gasteiger partial charge in [0, 0.05) is 17.2 Å². The molecule has 0 spiro atoms. The fourth-order valence-corrected chi connectivity index (χ4v) is 1.89. The summed E-state index contributed by atoms with van der Waals surface area (Å²) in [5, 5.41) is 10.9. The molecule has 0 radical (unpaired) electrons. The summed E-state index contributed by atoms with van der Waals surface area (Å²) in [6, 6.07) is 8.06. The highest BCUT2D eigenvalue weighted by Crippen LogP contribution is 2.34. The first-order chi connectivity index (χ1) is 9.04. The predicted molar refractivity (Wildman–Crippen MR) is 68.9 cm³/mol. The Bertz CT molecular complexity index is 673. The van der Waals surface area contributed by atoms with E-state index in [2.05, 4.69) is 0 Å². The Morgan fingerprint density at radius 1 is 1.21 bits per heavy atom. The zero-order chi connectivity index (χ0) is 14.0. The standard InChI is InChI=1S/C13H7ClFNO3/c14-11-3-1-2-10(13(11)15)9-5-4-8(7-17)6-12(9)16(18)19/h1-7H. The van der Waals surface area contributed by atoms with Gasteiger partial charge in [0.2, 0.25) is 0 Å². The van der Waals surface area contributed by atoms with Gasteiger partial charge in [-0.25, -0.2) is 4.39 Å². The summed E-state index contributed by atoms with van der Waals surface area (Å²) < 4.78 is 13.9. The summed E-state index contributed by atoms with van der Waals surface area (Å²) in [6.07, 6.45) is 0.491. The molecular formula is C13H7ClFNO3. The van der Waals surface area contributed by atoms with Crippen molar-refractivity contribution in [2.75, 3.05) is 0 Å². The van der Waals surface area contributed by atoms with Crippen molar-refractivity contribution >= 4 is 23.6 Å². The minimum absolute atomic E-state index is 0.0247. The summed E-state index contributed by atoms with van der Waals surface area (Å²) in [7, 11) is 0. The molecule has 6 heteroatoms. The minimum atomic E-state index is -0.730. The lowest BCUT2D eigenvalue weighted by atomic mass is 10.0. The number of nitro groups is 1. The molecule has 0 aromatic heterocycles. The van der Waals surface area contributed by atoms with Crippen molar-refractivity contribution in [2.24, 2.45) is 0 Å². The number of carbonyl (C=O) groups is 1. The van der Waals surface area contributed by atoms with E-state index in [4.69, 9.17) is 11.6 Å². The number of aldehydes is 1. The van der Waals surface area contributed by atoms with Crippen molar-refractivity contribution in [1.82, 2.24) is 0 Å². The molecule has 0 saturated heterocycles. The number of hydrogen-bond acceptors (Lipinski definition) is 3. The topological polar surface area (TPSA) is 60.2 Å². The lowest BCUT2D eigenvalue weighted by Gasteiger charge is -2.06. The molecule has 0 aliphatic carbocycles. The molecular weight excluding hydrogens is 273 g/mol. The van der Waals surface area contributed by atoms with E-state index in [1.54, 1.807) is 0 Å². The summed E-state index contributed by atoms with van der Waals surface area (Å²) in [4.78, 5) is 21.0. The molecule has 0 unspecified atom stereocenters. The molecule has 0 heterocycles. The highest BCUT2D eigenvalue weighted by molar-refractivity contribution is 6.31. The average molecular weight is 280 g/mol. The van der Waals surface area contributed by atoms with Crippen LogP contribution in [-0.4, -0.2) is 11.2 Å². The Balaban J connectivity index is 2.71. The average Bonchev–Trinajstić information content (AvgIpc) is 2.41. The first kappa shape index (κ1) is 13.2. The highest BCUT2D eigenvalue weighted by Gasteiger charge is 2.19. The van der Waals surface area contributed by atoms with Crippen LogP contribution in [0.15, 0.2) is 36.4 Å². The van der Waals surface area contributed by atoms with Crippen LogP contribution in [0.1, 0.15) is 10.4 Å². The fourth-order valence-electron chi connectivity index (χ4n) is 1.71. The summed E-state index contributed by atoms with van der Waals surface area (Å²) in [5.41, 5.74) is -0.0871. The van der Waals surface area contributed by atoms with Gasteiger partial charge >= 0.3 is 0 Å². The SMILES string of the molecule is O=Cc1ccc(-c2cccc(Cl)c2F)c([N+](=O)[O-])c1. The maximum Gasteiger partial charge on any atom is 0.278 e. The maximum atomic E-state index is 13.9. The van der Waals surface area contributed by atoms with E-state index in [9.17, 15) is 19.3 Å². The second-order valence-corrected chi connectivity index (χ2v) is 4.16. The second-order valence-electron chi connectivity index (χ2n) is 3.75. The molecule has 19 heavy (non-hydrogen) atoms. The molecule has 2 aromatic rings. The Labute approximate surface area is 112 Å².